The van der Waals surface area contributed by atoms with Gasteiger partial charge >= 0.3 is 0 Å². The molecule has 0 fully saturated rings. The lowest BCUT2D eigenvalue weighted by atomic mass is 10.0. The minimum atomic E-state index is 0.283. The molecule has 1 aliphatic heterocycles. The van der Waals surface area contributed by atoms with Gasteiger partial charge in [0.05, 0.1) is 18.0 Å². The number of anilines is 2. The minimum absolute atomic E-state index is 0.283. The predicted molar refractivity (Wildman–Crippen MR) is 122 cm³/mol. The summed E-state index contributed by atoms with van der Waals surface area (Å²) in [5.74, 6) is 1.04. The molecule has 3 aromatic rings. The van der Waals surface area contributed by atoms with E-state index in [9.17, 15) is 0 Å². The maximum absolute atomic E-state index is 5.97. The minimum Gasteiger partial charge on any atom is -0.370 e. The molecule has 0 saturated carbocycles. The highest BCUT2D eigenvalue weighted by atomic mass is 15.6. The van der Waals surface area contributed by atoms with Crippen LogP contribution in [0.15, 0.2) is 53.6 Å². The van der Waals surface area contributed by atoms with Crippen molar-refractivity contribution in [3.8, 4) is 11.3 Å². The Morgan fingerprint density at radius 2 is 1.90 bits per heavy atom. The number of hydrogen-bond donors (Lipinski definition) is 4. The maximum Gasteiger partial charge on any atom is 0.222 e. The second-order valence-electron chi connectivity index (χ2n) is 7.50. The Bertz CT molecular complexity index is 1060. The summed E-state index contributed by atoms with van der Waals surface area (Å²) < 4.78 is 0. The Morgan fingerprint density at radius 1 is 1.07 bits per heavy atom. The zero-order valence-corrected chi connectivity index (χ0v) is 17.4. The highest BCUT2D eigenvalue weighted by Gasteiger charge is 2.09. The van der Waals surface area contributed by atoms with Crippen LogP contribution in [0, 0.1) is 13.8 Å². The van der Waals surface area contributed by atoms with E-state index < -0.39 is 0 Å². The fourth-order valence-electron chi connectivity index (χ4n) is 3.53. The SMILES string of the molecule is Cc1cccc(-c2cc(NCCCc3ccc(C4=NNNC4)cc3)nc(N)n2)c1C. The topological polar surface area (TPSA) is 100 Å². The summed E-state index contributed by atoms with van der Waals surface area (Å²) in [7, 11) is 0. The van der Waals surface area contributed by atoms with E-state index in [0.29, 0.717) is 0 Å². The van der Waals surface area contributed by atoms with E-state index in [1.165, 1.54) is 16.7 Å². The van der Waals surface area contributed by atoms with Gasteiger partial charge in [-0.25, -0.2) is 15.9 Å². The number of aromatic nitrogens is 2. The molecule has 2 heterocycles. The van der Waals surface area contributed by atoms with E-state index >= 15 is 0 Å². The molecule has 0 bridgehead atoms. The smallest absolute Gasteiger partial charge is 0.222 e. The predicted octanol–water partition coefficient (Wildman–Crippen LogP) is 3.20. The van der Waals surface area contributed by atoms with E-state index in [0.717, 1.165) is 54.3 Å². The average molecular weight is 402 g/mol. The molecule has 0 unspecified atom stereocenters. The second-order valence-corrected chi connectivity index (χ2v) is 7.50. The number of rotatable bonds is 7. The summed E-state index contributed by atoms with van der Waals surface area (Å²) in [6, 6.07) is 16.8. The van der Waals surface area contributed by atoms with Crippen molar-refractivity contribution in [2.24, 2.45) is 5.10 Å². The Labute approximate surface area is 176 Å². The van der Waals surface area contributed by atoms with Crippen LogP contribution in [0.5, 0.6) is 0 Å². The molecule has 30 heavy (non-hydrogen) atoms. The first kappa shape index (κ1) is 19.8. The summed E-state index contributed by atoms with van der Waals surface area (Å²) >= 11 is 0. The number of aryl methyl sites for hydroxylation is 2. The number of hydrazine groups is 1. The van der Waals surface area contributed by atoms with Crippen molar-refractivity contribution < 1.29 is 0 Å². The van der Waals surface area contributed by atoms with Crippen LogP contribution in [0.1, 0.15) is 28.7 Å². The molecule has 0 radical (unpaired) electrons. The highest BCUT2D eigenvalue weighted by molar-refractivity contribution is 6.02. The fraction of sp³-hybridized carbons (Fsp3) is 0.261. The normalized spacial score (nSPS) is 13.1. The number of nitrogens with zero attached hydrogens (tertiary/aromatic N) is 3. The van der Waals surface area contributed by atoms with Gasteiger partial charge in [-0.3, -0.25) is 0 Å². The molecule has 7 heteroatoms. The molecule has 2 aromatic carbocycles. The summed E-state index contributed by atoms with van der Waals surface area (Å²) in [6.45, 7) is 5.76. The van der Waals surface area contributed by atoms with Gasteiger partial charge < -0.3 is 11.1 Å². The highest BCUT2D eigenvalue weighted by Crippen LogP contribution is 2.26. The van der Waals surface area contributed by atoms with Gasteiger partial charge in [-0.05, 0) is 48.9 Å². The number of nitrogens with two attached hydrogens (primary N) is 1. The van der Waals surface area contributed by atoms with Crippen molar-refractivity contribution in [2.75, 3.05) is 24.1 Å². The lowest BCUT2D eigenvalue weighted by Gasteiger charge is -2.11. The maximum atomic E-state index is 5.97. The number of nitrogen functional groups attached to an aromatic ring is 1. The third-order valence-corrected chi connectivity index (χ3v) is 5.39. The van der Waals surface area contributed by atoms with Crippen LogP contribution in [0.2, 0.25) is 0 Å². The number of benzene rings is 2. The van der Waals surface area contributed by atoms with Crippen LogP contribution in [-0.4, -0.2) is 28.8 Å². The number of nitrogens with one attached hydrogen (secondary N) is 3. The molecule has 1 aromatic heterocycles. The largest absolute Gasteiger partial charge is 0.370 e. The lowest BCUT2D eigenvalue weighted by molar-refractivity contribution is 0.653. The third-order valence-electron chi connectivity index (χ3n) is 5.39. The van der Waals surface area contributed by atoms with Crippen molar-refractivity contribution >= 4 is 17.5 Å². The van der Waals surface area contributed by atoms with Crippen molar-refractivity contribution in [3.05, 3.63) is 70.8 Å². The molecule has 5 N–H and O–H groups in total. The van der Waals surface area contributed by atoms with Crippen LogP contribution in [0.25, 0.3) is 11.3 Å². The summed E-state index contributed by atoms with van der Waals surface area (Å²) in [5, 5.41) is 7.60. The summed E-state index contributed by atoms with van der Waals surface area (Å²) in [4.78, 5) is 8.77. The van der Waals surface area contributed by atoms with E-state index in [2.05, 4.69) is 81.6 Å². The first-order valence-corrected chi connectivity index (χ1v) is 10.2. The first-order chi connectivity index (χ1) is 14.6. The fourth-order valence-corrected chi connectivity index (χ4v) is 3.53. The molecular formula is C23H27N7. The Morgan fingerprint density at radius 3 is 2.67 bits per heavy atom. The Hall–Kier alpha value is -3.45. The number of hydrazone groups is 1. The van der Waals surface area contributed by atoms with Crippen molar-refractivity contribution in [2.45, 2.75) is 26.7 Å². The van der Waals surface area contributed by atoms with Crippen molar-refractivity contribution in [3.63, 3.8) is 0 Å². The Balaban J connectivity index is 1.35. The molecule has 0 amide bonds. The molecule has 1 aliphatic rings. The van der Waals surface area contributed by atoms with Crippen LogP contribution >= 0.6 is 0 Å². The van der Waals surface area contributed by atoms with E-state index in [4.69, 9.17) is 5.73 Å². The number of hydrogen-bond acceptors (Lipinski definition) is 7. The van der Waals surface area contributed by atoms with Gasteiger partial charge in [-0.1, -0.05) is 42.5 Å². The standard InChI is InChI=1S/C23H27N7/c1-15-5-3-7-19(16(15)2)20-13-22(28-23(24)27-20)25-12-4-6-17-8-10-18(11-9-17)21-14-26-30-29-21/h3,5,7-11,13,26,30H,4,6,12,14H2,1-2H3,(H3,24,25,27,28). The average Bonchev–Trinajstić information content (AvgIpc) is 3.28. The zero-order chi connectivity index (χ0) is 20.9. The lowest BCUT2D eigenvalue weighted by Crippen LogP contribution is -2.22. The monoisotopic (exact) mass is 401 g/mol. The quantitative estimate of drug-likeness (QED) is 0.454. The van der Waals surface area contributed by atoms with Crippen LogP contribution < -0.4 is 22.0 Å². The molecule has 0 aliphatic carbocycles. The summed E-state index contributed by atoms with van der Waals surface area (Å²) in [6.07, 6.45) is 1.98. The zero-order valence-electron chi connectivity index (χ0n) is 17.4. The van der Waals surface area contributed by atoms with E-state index in [-0.39, 0.29) is 5.95 Å². The molecule has 4 rings (SSSR count). The van der Waals surface area contributed by atoms with Gasteiger partial charge in [-0.15, -0.1) is 0 Å². The van der Waals surface area contributed by atoms with Crippen molar-refractivity contribution in [1.82, 2.24) is 20.9 Å². The van der Waals surface area contributed by atoms with E-state index in [1.54, 1.807) is 0 Å². The van der Waals surface area contributed by atoms with Crippen LogP contribution in [0.4, 0.5) is 11.8 Å². The van der Waals surface area contributed by atoms with Gasteiger partial charge in [0.1, 0.15) is 5.82 Å². The first-order valence-electron chi connectivity index (χ1n) is 10.2. The van der Waals surface area contributed by atoms with Gasteiger partial charge in [-0.2, -0.15) is 10.1 Å². The molecule has 7 nitrogen and oxygen atoms in total. The van der Waals surface area contributed by atoms with Gasteiger partial charge in [0, 0.05) is 18.2 Å². The van der Waals surface area contributed by atoms with E-state index in [1.807, 2.05) is 12.1 Å². The summed E-state index contributed by atoms with van der Waals surface area (Å²) in [5.41, 5.74) is 19.6. The third kappa shape index (κ3) is 4.58. The van der Waals surface area contributed by atoms with Gasteiger partial charge in [0.2, 0.25) is 5.95 Å². The molecule has 154 valence electrons. The molecular weight excluding hydrogens is 374 g/mol. The molecule has 0 atom stereocenters. The van der Waals surface area contributed by atoms with Gasteiger partial charge in [0.25, 0.3) is 0 Å². The molecule has 0 saturated heterocycles. The van der Waals surface area contributed by atoms with Crippen molar-refractivity contribution in [1.29, 1.82) is 0 Å². The second kappa shape index (κ2) is 8.92. The Kier molecular flexibility index (Phi) is 5.90. The van der Waals surface area contributed by atoms with Crippen LogP contribution in [-0.2, 0) is 6.42 Å². The van der Waals surface area contributed by atoms with Gasteiger partial charge in [0.15, 0.2) is 0 Å². The van der Waals surface area contributed by atoms with Crippen LogP contribution in [0.3, 0.4) is 0 Å². The molecule has 0 spiro atoms.